The number of nitrogens with zero attached hydrogens (tertiary/aromatic N) is 2. The molecule has 2 atom stereocenters. The molecule has 1 fully saturated rings. The summed E-state index contributed by atoms with van der Waals surface area (Å²) in [5, 5.41) is 16.9. The first kappa shape index (κ1) is 22.7. The van der Waals surface area contributed by atoms with E-state index >= 15 is 0 Å². The van der Waals surface area contributed by atoms with Gasteiger partial charge in [-0.25, -0.2) is 0 Å². The summed E-state index contributed by atoms with van der Waals surface area (Å²) in [6, 6.07) is 14.7. The number of anilines is 1. The molecule has 166 valence electrons. The van der Waals surface area contributed by atoms with Gasteiger partial charge in [0.25, 0.3) is 5.69 Å². The molecule has 2 aromatic rings. The van der Waals surface area contributed by atoms with Gasteiger partial charge in [0.1, 0.15) is 5.69 Å². The average molecular weight is 427 g/mol. The van der Waals surface area contributed by atoms with Crippen LogP contribution in [0.3, 0.4) is 0 Å². The Balaban J connectivity index is 1.40. The highest BCUT2D eigenvalue weighted by molar-refractivity contribution is 5.76. The third-order valence-electron chi connectivity index (χ3n) is 5.18. The van der Waals surface area contributed by atoms with Crippen LogP contribution >= 0.6 is 0 Å². The summed E-state index contributed by atoms with van der Waals surface area (Å²) in [4.78, 5) is 25.1. The van der Waals surface area contributed by atoms with Crippen LogP contribution in [0.15, 0.2) is 48.5 Å². The second-order valence-corrected chi connectivity index (χ2v) is 8.00. The van der Waals surface area contributed by atoms with Crippen molar-refractivity contribution >= 4 is 17.3 Å². The molecule has 0 bridgehead atoms. The van der Waals surface area contributed by atoms with Gasteiger partial charge in [-0.2, -0.15) is 0 Å². The Bertz CT molecular complexity index is 877. The first-order valence-electron chi connectivity index (χ1n) is 10.6. The van der Waals surface area contributed by atoms with Gasteiger partial charge in [0.2, 0.25) is 5.91 Å². The lowest BCUT2D eigenvalue weighted by Crippen LogP contribution is -2.44. The molecule has 1 amide bonds. The molecule has 8 heteroatoms. The van der Waals surface area contributed by atoms with Gasteiger partial charge in [-0.05, 0) is 31.0 Å². The minimum atomic E-state index is -0.438. The molecular formula is C23H30N4O4. The highest BCUT2D eigenvalue weighted by Crippen LogP contribution is 2.22. The van der Waals surface area contributed by atoms with Crippen molar-refractivity contribution in [2.24, 2.45) is 0 Å². The zero-order valence-corrected chi connectivity index (χ0v) is 18.0. The van der Waals surface area contributed by atoms with Gasteiger partial charge < -0.3 is 15.4 Å². The number of benzene rings is 2. The number of amides is 1. The monoisotopic (exact) mass is 426 g/mol. The Kier molecular flexibility index (Phi) is 7.97. The second kappa shape index (κ2) is 10.9. The number of carbonyl (C=O) groups is 1. The Hall–Kier alpha value is -2.97. The highest BCUT2D eigenvalue weighted by Gasteiger charge is 2.21. The van der Waals surface area contributed by atoms with Crippen LogP contribution in [-0.2, 0) is 22.6 Å². The summed E-state index contributed by atoms with van der Waals surface area (Å²) in [5.74, 6) is -0.105. The molecule has 1 aliphatic rings. The summed E-state index contributed by atoms with van der Waals surface area (Å²) in [6.45, 7) is 7.74. The van der Waals surface area contributed by atoms with Crippen molar-refractivity contribution in [2.75, 3.05) is 25.0 Å². The van der Waals surface area contributed by atoms with Crippen molar-refractivity contribution < 1.29 is 14.5 Å². The Morgan fingerprint density at radius 1 is 1.10 bits per heavy atom. The lowest BCUT2D eigenvalue weighted by Gasteiger charge is -2.35. The van der Waals surface area contributed by atoms with E-state index in [-0.39, 0.29) is 30.2 Å². The van der Waals surface area contributed by atoms with Crippen LogP contribution < -0.4 is 10.6 Å². The molecule has 2 N–H and O–H groups in total. The molecule has 3 rings (SSSR count). The molecule has 0 aliphatic carbocycles. The Morgan fingerprint density at radius 3 is 2.42 bits per heavy atom. The summed E-state index contributed by atoms with van der Waals surface area (Å²) in [5.41, 5.74) is 2.70. The minimum Gasteiger partial charge on any atom is -0.379 e. The maximum absolute atomic E-state index is 12.1. The molecule has 2 unspecified atom stereocenters. The number of nitro benzene ring substituents is 1. The number of hydrogen-bond acceptors (Lipinski definition) is 6. The van der Waals surface area contributed by atoms with E-state index < -0.39 is 4.92 Å². The fraction of sp³-hybridized carbons (Fsp3) is 0.435. The predicted octanol–water partition coefficient (Wildman–Crippen LogP) is 3.32. The standard InChI is InChI=1S/C23H30N4O4/c1-17-14-26(15-18(2)31-17)16-20-9-7-19(8-10-20)13-25-23(28)11-12-24-21-5-3-4-6-22(21)27(29)30/h3-10,17-18,24H,11-16H2,1-2H3,(H,25,28). The van der Waals surface area contributed by atoms with Gasteiger partial charge in [-0.15, -0.1) is 0 Å². The van der Waals surface area contributed by atoms with Crippen molar-refractivity contribution in [3.8, 4) is 0 Å². The lowest BCUT2D eigenvalue weighted by atomic mass is 10.1. The van der Waals surface area contributed by atoms with Gasteiger partial charge in [-0.1, -0.05) is 36.4 Å². The number of ether oxygens (including phenoxy) is 1. The second-order valence-electron chi connectivity index (χ2n) is 8.00. The molecule has 1 heterocycles. The van der Waals surface area contributed by atoms with E-state index in [0.29, 0.717) is 18.8 Å². The van der Waals surface area contributed by atoms with E-state index in [1.807, 2.05) is 12.1 Å². The molecule has 0 saturated carbocycles. The van der Waals surface area contributed by atoms with Crippen molar-refractivity contribution in [1.82, 2.24) is 10.2 Å². The topological polar surface area (TPSA) is 96.7 Å². The van der Waals surface area contributed by atoms with Crippen molar-refractivity contribution in [3.63, 3.8) is 0 Å². The Labute approximate surface area is 182 Å². The van der Waals surface area contributed by atoms with Crippen molar-refractivity contribution in [1.29, 1.82) is 0 Å². The van der Waals surface area contributed by atoms with Crippen LogP contribution in [-0.4, -0.2) is 47.6 Å². The first-order chi connectivity index (χ1) is 14.9. The summed E-state index contributed by atoms with van der Waals surface area (Å²) < 4.78 is 5.78. The predicted molar refractivity (Wildman–Crippen MR) is 120 cm³/mol. The van der Waals surface area contributed by atoms with E-state index in [9.17, 15) is 14.9 Å². The number of carbonyl (C=O) groups excluding carboxylic acids is 1. The zero-order chi connectivity index (χ0) is 22.2. The number of para-hydroxylation sites is 2. The minimum absolute atomic E-state index is 0.00370. The molecule has 8 nitrogen and oxygen atoms in total. The van der Waals surface area contributed by atoms with Crippen LogP contribution in [0.1, 0.15) is 31.4 Å². The maximum atomic E-state index is 12.1. The van der Waals surface area contributed by atoms with Gasteiger partial charge in [-0.3, -0.25) is 19.8 Å². The van der Waals surface area contributed by atoms with Crippen LogP contribution in [0.25, 0.3) is 0 Å². The average Bonchev–Trinajstić information content (AvgIpc) is 2.73. The number of hydrogen-bond donors (Lipinski definition) is 2. The quantitative estimate of drug-likeness (QED) is 0.472. The van der Waals surface area contributed by atoms with E-state index in [4.69, 9.17) is 4.74 Å². The number of nitrogens with one attached hydrogen (secondary N) is 2. The molecule has 31 heavy (non-hydrogen) atoms. The smallest absolute Gasteiger partial charge is 0.292 e. The van der Waals surface area contributed by atoms with Crippen LogP contribution in [0, 0.1) is 10.1 Å². The SMILES string of the molecule is CC1CN(Cc2ccc(CNC(=O)CCNc3ccccc3[N+](=O)[O-])cc2)CC(C)O1. The molecule has 0 radical (unpaired) electrons. The fourth-order valence-electron chi connectivity index (χ4n) is 3.82. The zero-order valence-electron chi connectivity index (χ0n) is 18.0. The molecular weight excluding hydrogens is 396 g/mol. The molecule has 1 aliphatic heterocycles. The van der Waals surface area contributed by atoms with E-state index in [1.54, 1.807) is 18.2 Å². The third-order valence-corrected chi connectivity index (χ3v) is 5.18. The van der Waals surface area contributed by atoms with Gasteiger partial charge in [0, 0.05) is 45.2 Å². The number of rotatable bonds is 9. The van der Waals surface area contributed by atoms with E-state index in [1.165, 1.54) is 11.6 Å². The van der Waals surface area contributed by atoms with Gasteiger partial charge in [0.15, 0.2) is 0 Å². The highest BCUT2D eigenvalue weighted by atomic mass is 16.6. The first-order valence-corrected chi connectivity index (χ1v) is 10.6. The van der Waals surface area contributed by atoms with E-state index in [0.717, 1.165) is 25.2 Å². The summed E-state index contributed by atoms with van der Waals surface area (Å²) in [7, 11) is 0. The summed E-state index contributed by atoms with van der Waals surface area (Å²) in [6.07, 6.45) is 0.735. The van der Waals surface area contributed by atoms with Crippen molar-refractivity contribution in [3.05, 3.63) is 69.8 Å². The maximum Gasteiger partial charge on any atom is 0.292 e. The summed E-state index contributed by atoms with van der Waals surface area (Å²) >= 11 is 0. The number of nitro groups is 1. The van der Waals surface area contributed by atoms with Gasteiger partial charge >= 0.3 is 0 Å². The third kappa shape index (κ3) is 7.04. The van der Waals surface area contributed by atoms with Crippen LogP contribution in [0.2, 0.25) is 0 Å². The van der Waals surface area contributed by atoms with Crippen molar-refractivity contribution in [2.45, 2.75) is 45.6 Å². The van der Waals surface area contributed by atoms with Crippen LogP contribution in [0.5, 0.6) is 0 Å². The molecule has 1 saturated heterocycles. The number of morpholine rings is 1. The van der Waals surface area contributed by atoms with Gasteiger partial charge in [0.05, 0.1) is 17.1 Å². The van der Waals surface area contributed by atoms with E-state index in [2.05, 4.69) is 41.5 Å². The fourth-order valence-corrected chi connectivity index (χ4v) is 3.82. The molecule has 0 aromatic heterocycles. The largest absolute Gasteiger partial charge is 0.379 e. The molecule has 2 aromatic carbocycles. The molecule has 0 spiro atoms. The normalized spacial score (nSPS) is 19.0. The van der Waals surface area contributed by atoms with Crippen LogP contribution in [0.4, 0.5) is 11.4 Å². The Morgan fingerprint density at radius 2 is 1.74 bits per heavy atom. The lowest BCUT2D eigenvalue weighted by molar-refractivity contribution is -0.384.